The Kier molecular flexibility index (Phi) is 6.40. The van der Waals surface area contributed by atoms with Gasteiger partial charge in [-0.25, -0.2) is 0 Å². The lowest BCUT2D eigenvalue weighted by Gasteiger charge is -2.16. The molecule has 0 spiro atoms. The van der Waals surface area contributed by atoms with Crippen LogP contribution in [-0.2, 0) is 0 Å². The number of hydrogen-bond acceptors (Lipinski definition) is 1. The Balaban J connectivity index is 0.977. The number of furan rings is 1. The molecule has 0 atom stereocenters. The highest BCUT2D eigenvalue weighted by atomic mass is 16.3. The van der Waals surface area contributed by atoms with E-state index in [1.807, 2.05) is 0 Å². The van der Waals surface area contributed by atoms with Crippen molar-refractivity contribution in [1.29, 1.82) is 0 Å². The minimum atomic E-state index is 0.902. The number of rotatable bonds is 3. The minimum Gasteiger partial charge on any atom is -0.456 e. The largest absolute Gasteiger partial charge is 0.456 e. The quantitative estimate of drug-likeness (QED) is 0.168. The summed E-state index contributed by atoms with van der Waals surface area (Å²) in [7, 11) is 0. The molecule has 0 N–H and O–H groups in total. The number of benzene rings is 11. The van der Waals surface area contributed by atoms with Gasteiger partial charge in [-0.05, 0) is 147 Å². The lowest BCUT2D eigenvalue weighted by molar-refractivity contribution is 0.669. The zero-order valence-corrected chi connectivity index (χ0v) is 29.9. The molecule has 0 aliphatic carbocycles. The third-order valence-electron chi connectivity index (χ3n) is 11.8. The van der Waals surface area contributed by atoms with Crippen LogP contribution in [0, 0.1) is 0 Å². The molecule has 12 aromatic rings. The van der Waals surface area contributed by atoms with Gasteiger partial charge in [-0.1, -0.05) is 146 Å². The van der Waals surface area contributed by atoms with Crippen LogP contribution in [0.5, 0.6) is 0 Å². The van der Waals surface area contributed by atoms with Crippen LogP contribution in [0.25, 0.3) is 120 Å². The Hall–Kier alpha value is -7.22. The molecule has 1 heteroatoms. The molecule has 254 valence electrons. The number of hydrogen-bond donors (Lipinski definition) is 0. The molecule has 0 bridgehead atoms. The van der Waals surface area contributed by atoms with Gasteiger partial charge in [0.2, 0.25) is 0 Å². The Bertz CT molecular complexity index is 3550. The van der Waals surface area contributed by atoms with E-state index < -0.39 is 0 Å². The van der Waals surface area contributed by atoms with E-state index in [9.17, 15) is 0 Å². The second-order valence-electron chi connectivity index (χ2n) is 14.8. The summed E-state index contributed by atoms with van der Waals surface area (Å²) >= 11 is 0. The normalized spacial score (nSPS) is 12.0. The van der Waals surface area contributed by atoms with Gasteiger partial charge in [0, 0.05) is 10.8 Å². The van der Waals surface area contributed by atoms with Gasteiger partial charge >= 0.3 is 0 Å². The zero-order valence-electron chi connectivity index (χ0n) is 29.9. The SMILES string of the molecule is c1ccc2cc(-c3ccc4c(c3)oc3cc(-c5ccc6ccc(-c7cc8c9ccccc9c9ccccc9c8c8ccccc78)cc6c5)ccc34)ccc2c1. The molecule has 0 saturated heterocycles. The summed E-state index contributed by atoms with van der Waals surface area (Å²) in [5.74, 6) is 0. The summed E-state index contributed by atoms with van der Waals surface area (Å²) in [5, 5.41) is 17.5. The molecule has 0 saturated carbocycles. The van der Waals surface area contributed by atoms with Crippen molar-refractivity contribution in [3.8, 4) is 33.4 Å². The summed E-state index contributed by atoms with van der Waals surface area (Å²) in [6.45, 7) is 0. The van der Waals surface area contributed by atoms with Crippen LogP contribution < -0.4 is 0 Å². The molecule has 0 amide bonds. The average Bonchev–Trinajstić information content (AvgIpc) is 3.62. The molecule has 0 aliphatic heterocycles. The topological polar surface area (TPSA) is 13.1 Å². The molecule has 0 radical (unpaired) electrons. The van der Waals surface area contributed by atoms with Gasteiger partial charge < -0.3 is 4.42 Å². The van der Waals surface area contributed by atoms with Crippen molar-refractivity contribution >= 4 is 86.6 Å². The van der Waals surface area contributed by atoms with E-state index in [0.29, 0.717) is 0 Å². The third-order valence-corrected chi connectivity index (χ3v) is 11.8. The van der Waals surface area contributed by atoms with Crippen molar-refractivity contribution in [2.24, 2.45) is 0 Å². The summed E-state index contributed by atoms with van der Waals surface area (Å²) < 4.78 is 6.56. The van der Waals surface area contributed by atoms with Crippen LogP contribution >= 0.6 is 0 Å². The molecule has 1 aromatic heterocycles. The first kappa shape index (κ1) is 30.3. The summed E-state index contributed by atoms with van der Waals surface area (Å²) in [6, 6.07) is 71.1. The number of fused-ring (bicyclic) bond motifs is 13. The lowest BCUT2D eigenvalue weighted by atomic mass is 9.87. The highest BCUT2D eigenvalue weighted by Gasteiger charge is 2.16. The van der Waals surface area contributed by atoms with Gasteiger partial charge in [0.25, 0.3) is 0 Å². The van der Waals surface area contributed by atoms with Gasteiger partial charge in [-0.2, -0.15) is 0 Å². The standard InChI is InChI=1S/C54H32O/c1-2-10-35-27-36(20-17-33(35)9-1)38-23-25-46-47-26-24-39(31-53(47)55-52(46)30-38)37-21-18-34-19-22-40(29-41(34)28-37)50-32-51-44-13-4-3-11-42(44)43-12-5-7-15-48(43)54(51)49-16-8-6-14-45(49)50/h1-32H. The van der Waals surface area contributed by atoms with Crippen LogP contribution in [0.2, 0.25) is 0 Å². The Morgan fingerprint density at radius 3 is 1.31 bits per heavy atom. The first-order valence-corrected chi connectivity index (χ1v) is 19.0. The van der Waals surface area contributed by atoms with Crippen LogP contribution in [-0.4, -0.2) is 0 Å². The predicted octanol–water partition coefficient (Wildman–Crippen LogP) is 15.5. The van der Waals surface area contributed by atoms with Gasteiger partial charge in [0.1, 0.15) is 11.2 Å². The lowest BCUT2D eigenvalue weighted by Crippen LogP contribution is -1.89. The minimum absolute atomic E-state index is 0.902. The Morgan fingerprint density at radius 1 is 0.236 bits per heavy atom. The first-order chi connectivity index (χ1) is 27.2. The van der Waals surface area contributed by atoms with E-state index in [1.165, 1.54) is 86.9 Å². The molecule has 55 heavy (non-hydrogen) atoms. The molecule has 1 heterocycles. The Morgan fingerprint density at radius 2 is 0.655 bits per heavy atom. The van der Waals surface area contributed by atoms with Gasteiger partial charge in [0.15, 0.2) is 0 Å². The maximum atomic E-state index is 6.56. The fourth-order valence-electron chi connectivity index (χ4n) is 9.10. The van der Waals surface area contributed by atoms with Crippen molar-refractivity contribution in [3.05, 3.63) is 194 Å². The van der Waals surface area contributed by atoms with Crippen molar-refractivity contribution in [3.63, 3.8) is 0 Å². The summed E-state index contributed by atoms with van der Waals surface area (Å²) in [4.78, 5) is 0. The van der Waals surface area contributed by atoms with Gasteiger partial charge in [-0.3, -0.25) is 0 Å². The van der Waals surface area contributed by atoms with E-state index in [4.69, 9.17) is 4.42 Å². The van der Waals surface area contributed by atoms with E-state index in [0.717, 1.165) is 33.1 Å². The van der Waals surface area contributed by atoms with Crippen LogP contribution in [0.3, 0.4) is 0 Å². The maximum Gasteiger partial charge on any atom is 0.136 e. The van der Waals surface area contributed by atoms with Gasteiger partial charge in [0.05, 0.1) is 0 Å². The predicted molar refractivity (Wildman–Crippen MR) is 235 cm³/mol. The Labute approximate surface area is 317 Å². The van der Waals surface area contributed by atoms with Crippen LogP contribution in [0.1, 0.15) is 0 Å². The van der Waals surface area contributed by atoms with E-state index in [-0.39, 0.29) is 0 Å². The molecule has 0 fully saturated rings. The summed E-state index contributed by atoms with van der Waals surface area (Å²) in [6.07, 6.45) is 0. The molecule has 11 aromatic carbocycles. The maximum absolute atomic E-state index is 6.56. The van der Waals surface area contributed by atoms with Crippen LogP contribution in [0.15, 0.2) is 199 Å². The van der Waals surface area contributed by atoms with Crippen molar-refractivity contribution in [2.75, 3.05) is 0 Å². The second kappa shape index (κ2) is 11.6. The fourth-order valence-corrected chi connectivity index (χ4v) is 9.10. The monoisotopic (exact) mass is 696 g/mol. The summed E-state index contributed by atoms with van der Waals surface area (Å²) in [5.41, 5.74) is 8.94. The third kappa shape index (κ3) is 4.67. The molecule has 0 unspecified atom stereocenters. The van der Waals surface area contributed by atoms with Crippen LogP contribution in [0.4, 0.5) is 0 Å². The highest BCUT2D eigenvalue weighted by molar-refractivity contribution is 6.33. The fraction of sp³-hybridized carbons (Fsp3) is 0. The highest BCUT2D eigenvalue weighted by Crippen LogP contribution is 2.43. The average molecular weight is 697 g/mol. The molecule has 1 nitrogen and oxygen atoms in total. The molecule has 0 aliphatic rings. The zero-order chi connectivity index (χ0) is 36.0. The molecular formula is C54H32O. The van der Waals surface area contributed by atoms with Crippen molar-refractivity contribution in [2.45, 2.75) is 0 Å². The van der Waals surface area contributed by atoms with Gasteiger partial charge in [-0.15, -0.1) is 0 Å². The molecule has 12 rings (SSSR count). The first-order valence-electron chi connectivity index (χ1n) is 19.0. The van der Waals surface area contributed by atoms with E-state index in [1.54, 1.807) is 0 Å². The smallest absolute Gasteiger partial charge is 0.136 e. The molecular weight excluding hydrogens is 665 g/mol. The van der Waals surface area contributed by atoms with Crippen molar-refractivity contribution < 1.29 is 4.42 Å². The van der Waals surface area contributed by atoms with Crippen molar-refractivity contribution in [1.82, 2.24) is 0 Å². The van der Waals surface area contributed by atoms with E-state index in [2.05, 4.69) is 194 Å². The van der Waals surface area contributed by atoms with E-state index >= 15 is 0 Å². The second-order valence-corrected chi connectivity index (χ2v) is 14.8.